The van der Waals surface area contributed by atoms with Gasteiger partial charge in [0.1, 0.15) is 0 Å². The molecule has 4 bridgehead atoms. The minimum absolute atomic E-state index is 0.0613. The van der Waals surface area contributed by atoms with Crippen LogP contribution in [0.15, 0.2) is 4.34 Å². The number of anilines is 1. The number of rotatable bonds is 6. The molecule has 1 aromatic heterocycles. The van der Waals surface area contributed by atoms with Crippen molar-refractivity contribution in [2.75, 3.05) is 11.1 Å². The Hall–Kier alpha value is -1.15. The molecule has 28 heavy (non-hydrogen) atoms. The number of aromatic nitrogens is 2. The van der Waals surface area contributed by atoms with E-state index in [0.717, 1.165) is 54.2 Å². The number of carbonyl (C=O) groups is 2. The van der Waals surface area contributed by atoms with Gasteiger partial charge in [0.15, 0.2) is 4.34 Å². The van der Waals surface area contributed by atoms with E-state index in [1.807, 2.05) is 0 Å². The van der Waals surface area contributed by atoms with E-state index in [4.69, 9.17) is 0 Å². The molecule has 5 aliphatic carbocycles. The number of nitrogens with zero attached hydrogens (tertiary/aromatic N) is 2. The van der Waals surface area contributed by atoms with Crippen LogP contribution in [-0.4, -0.2) is 33.8 Å². The Bertz CT molecular complexity index is 724. The lowest BCUT2D eigenvalue weighted by molar-refractivity contribution is -0.140. The molecule has 5 aliphatic rings. The zero-order chi connectivity index (χ0) is 19.1. The number of nitrogens with one attached hydrogen (secondary N) is 2. The summed E-state index contributed by atoms with van der Waals surface area (Å²) < 4.78 is 0.738. The smallest absolute Gasteiger partial charge is 0.232 e. The number of amides is 2. The minimum Gasteiger partial charge on any atom is -0.353 e. The fourth-order valence-electron chi connectivity index (χ4n) is 6.40. The van der Waals surface area contributed by atoms with Crippen LogP contribution in [0.1, 0.15) is 64.2 Å². The lowest BCUT2D eigenvalue weighted by Gasteiger charge is -2.55. The van der Waals surface area contributed by atoms with Gasteiger partial charge in [-0.2, -0.15) is 0 Å². The van der Waals surface area contributed by atoms with Crippen LogP contribution in [0.5, 0.6) is 0 Å². The summed E-state index contributed by atoms with van der Waals surface area (Å²) >= 11 is 2.78. The standard InChI is InChI=1S/C20H28N4O2S2/c25-16(21-15-3-1-2-4-15)11-27-19-24-23-18(28-19)22-17(26)20-8-12-5-13(9-20)7-14(6-12)10-20/h12-15H,1-11H2,(H,21,25)(H,22,23,26). The third-order valence-electron chi connectivity index (χ3n) is 7.19. The molecule has 152 valence electrons. The van der Waals surface area contributed by atoms with Gasteiger partial charge in [0.05, 0.1) is 11.2 Å². The summed E-state index contributed by atoms with van der Waals surface area (Å²) in [5.41, 5.74) is -0.172. The maximum atomic E-state index is 13.1. The fraction of sp³-hybridized carbons (Fsp3) is 0.800. The molecule has 0 radical (unpaired) electrons. The van der Waals surface area contributed by atoms with Crippen LogP contribution in [0, 0.1) is 23.2 Å². The van der Waals surface area contributed by atoms with Gasteiger partial charge in [-0.15, -0.1) is 10.2 Å². The maximum Gasteiger partial charge on any atom is 0.232 e. The average Bonchev–Trinajstić information content (AvgIpc) is 3.31. The first-order chi connectivity index (χ1) is 13.6. The molecule has 0 aliphatic heterocycles. The van der Waals surface area contributed by atoms with Crippen molar-refractivity contribution in [1.29, 1.82) is 0 Å². The van der Waals surface area contributed by atoms with Crippen molar-refractivity contribution in [2.45, 2.75) is 74.6 Å². The molecule has 6 nitrogen and oxygen atoms in total. The fourth-order valence-corrected chi connectivity index (χ4v) is 7.96. The first-order valence-electron chi connectivity index (χ1n) is 10.7. The molecule has 2 amide bonds. The van der Waals surface area contributed by atoms with E-state index in [-0.39, 0.29) is 17.2 Å². The Morgan fingerprint density at radius 3 is 2.32 bits per heavy atom. The van der Waals surface area contributed by atoms with Gasteiger partial charge in [-0.25, -0.2) is 0 Å². The Morgan fingerprint density at radius 2 is 1.68 bits per heavy atom. The van der Waals surface area contributed by atoms with Crippen molar-refractivity contribution < 1.29 is 9.59 Å². The molecule has 5 saturated carbocycles. The van der Waals surface area contributed by atoms with Gasteiger partial charge in [0.2, 0.25) is 16.9 Å². The number of hydrogen-bond donors (Lipinski definition) is 2. The largest absolute Gasteiger partial charge is 0.353 e. The summed E-state index contributed by atoms with van der Waals surface area (Å²) in [7, 11) is 0. The monoisotopic (exact) mass is 420 g/mol. The predicted octanol–water partition coefficient (Wildman–Crippen LogP) is 3.84. The maximum absolute atomic E-state index is 13.1. The Labute approximate surface area is 174 Å². The predicted molar refractivity (Wildman–Crippen MR) is 110 cm³/mol. The van der Waals surface area contributed by atoms with Crippen molar-refractivity contribution in [3.05, 3.63) is 0 Å². The average molecular weight is 421 g/mol. The van der Waals surface area contributed by atoms with E-state index in [9.17, 15) is 9.59 Å². The molecular formula is C20H28N4O2S2. The number of thioether (sulfide) groups is 1. The van der Waals surface area contributed by atoms with Crippen molar-refractivity contribution >= 4 is 40.0 Å². The number of hydrogen-bond acceptors (Lipinski definition) is 6. The van der Waals surface area contributed by atoms with Crippen LogP contribution in [0.3, 0.4) is 0 Å². The Morgan fingerprint density at radius 1 is 1.04 bits per heavy atom. The molecule has 8 heteroatoms. The highest BCUT2D eigenvalue weighted by atomic mass is 32.2. The minimum atomic E-state index is -0.172. The summed E-state index contributed by atoms with van der Waals surface area (Å²) in [4.78, 5) is 25.2. The van der Waals surface area contributed by atoms with E-state index >= 15 is 0 Å². The van der Waals surface area contributed by atoms with Gasteiger partial charge in [0.25, 0.3) is 0 Å². The van der Waals surface area contributed by atoms with Crippen molar-refractivity contribution in [2.24, 2.45) is 23.2 Å². The molecule has 0 aromatic carbocycles. The lowest BCUT2D eigenvalue weighted by atomic mass is 9.49. The van der Waals surface area contributed by atoms with E-state index < -0.39 is 0 Å². The van der Waals surface area contributed by atoms with E-state index in [1.165, 1.54) is 55.2 Å². The summed E-state index contributed by atoms with van der Waals surface area (Å²) in [6, 6.07) is 0.345. The van der Waals surface area contributed by atoms with Gasteiger partial charge in [0, 0.05) is 6.04 Å². The topological polar surface area (TPSA) is 84.0 Å². The molecule has 0 atom stereocenters. The third kappa shape index (κ3) is 3.82. The second-order valence-corrected chi connectivity index (χ2v) is 11.6. The molecule has 0 spiro atoms. The van der Waals surface area contributed by atoms with Crippen LogP contribution in [0.25, 0.3) is 0 Å². The zero-order valence-corrected chi connectivity index (χ0v) is 17.7. The second kappa shape index (κ2) is 7.59. The first kappa shape index (κ1) is 18.9. The van der Waals surface area contributed by atoms with E-state index in [2.05, 4.69) is 20.8 Å². The summed E-state index contributed by atoms with van der Waals surface area (Å²) in [5, 5.41) is 15.0. The summed E-state index contributed by atoms with van der Waals surface area (Å²) in [5.74, 6) is 2.81. The van der Waals surface area contributed by atoms with Crippen molar-refractivity contribution in [1.82, 2.24) is 15.5 Å². The lowest BCUT2D eigenvalue weighted by Crippen LogP contribution is -2.51. The van der Waals surface area contributed by atoms with Crippen LogP contribution >= 0.6 is 23.1 Å². The van der Waals surface area contributed by atoms with E-state index in [1.54, 1.807) is 0 Å². The Balaban J connectivity index is 1.14. The van der Waals surface area contributed by atoms with Crippen LogP contribution in [0.4, 0.5) is 5.13 Å². The molecule has 6 rings (SSSR count). The first-order valence-corrected chi connectivity index (χ1v) is 12.5. The van der Waals surface area contributed by atoms with Crippen molar-refractivity contribution in [3.63, 3.8) is 0 Å². The van der Waals surface area contributed by atoms with Gasteiger partial charge in [-0.1, -0.05) is 35.9 Å². The quantitative estimate of drug-likeness (QED) is 0.539. The molecule has 1 aromatic rings. The third-order valence-corrected chi connectivity index (χ3v) is 9.17. The zero-order valence-electron chi connectivity index (χ0n) is 16.1. The molecule has 0 unspecified atom stereocenters. The van der Waals surface area contributed by atoms with Gasteiger partial charge >= 0.3 is 0 Å². The van der Waals surface area contributed by atoms with Gasteiger partial charge in [-0.05, 0) is 69.1 Å². The highest BCUT2D eigenvalue weighted by molar-refractivity contribution is 8.01. The SMILES string of the molecule is O=C(CSc1nnc(NC(=O)C23CC4CC(CC(C4)C2)C3)s1)NC1CCCC1. The van der Waals surface area contributed by atoms with Gasteiger partial charge < -0.3 is 10.6 Å². The second-order valence-electron chi connectivity index (χ2n) is 9.36. The van der Waals surface area contributed by atoms with Crippen LogP contribution in [0.2, 0.25) is 0 Å². The molecular weight excluding hydrogens is 392 g/mol. The molecule has 5 fully saturated rings. The molecule has 1 heterocycles. The Kier molecular flexibility index (Phi) is 5.11. The summed E-state index contributed by atoms with van der Waals surface area (Å²) in [6.07, 6.45) is 11.7. The van der Waals surface area contributed by atoms with Crippen molar-refractivity contribution in [3.8, 4) is 0 Å². The van der Waals surface area contributed by atoms with Crippen LogP contribution in [-0.2, 0) is 9.59 Å². The highest BCUT2D eigenvalue weighted by Gasteiger charge is 2.54. The van der Waals surface area contributed by atoms with Gasteiger partial charge in [-0.3, -0.25) is 9.59 Å². The van der Waals surface area contributed by atoms with Crippen LogP contribution < -0.4 is 10.6 Å². The number of carbonyl (C=O) groups excluding carboxylic acids is 2. The van der Waals surface area contributed by atoms with E-state index in [0.29, 0.717) is 16.9 Å². The normalized spacial score (nSPS) is 33.9. The molecule has 0 saturated heterocycles. The molecule has 2 N–H and O–H groups in total. The summed E-state index contributed by atoms with van der Waals surface area (Å²) in [6.45, 7) is 0. The highest BCUT2D eigenvalue weighted by Crippen LogP contribution is 2.60.